The summed E-state index contributed by atoms with van der Waals surface area (Å²) in [4.78, 5) is 11.5. The second-order valence-corrected chi connectivity index (χ2v) is 5.98. The van der Waals surface area contributed by atoms with Crippen molar-refractivity contribution >= 4 is 27.6 Å². The normalized spacial score (nSPS) is 10.2. The highest BCUT2D eigenvalue weighted by Gasteiger charge is 2.08. The molecular formula is C17H19BrN2O2. The first-order valence-corrected chi connectivity index (χ1v) is 7.76. The standard InChI is InChI=1S/C17H19BrN2O2/c1-11-4-7-16(12(2)8-11)22-10-13-5-6-14(18)9-15(13)20-17(21)19-3/h4-9H,10H2,1-3H3,(H2,19,20,21). The highest BCUT2D eigenvalue weighted by Crippen LogP contribution is 2.25. The van der Waals surface area contributed by atoms with Crippen molar-refractivity contribution in [2.75, 3.05) is 12.4 Å². The molecular weight excluding hydrogens is 344 g/mol. The zero-order valence-corrected chi connectivity index (χ0v) is 14.5. The number of hydrogen-bond acceptors (Lipinski definition) is 2. The van der Waals surface area contributed by atoms with Gasteiger partial charge < -0.3 is 15.4 Å². The summed E-state index contributed by atoms with van der Waals surface area (Å²) < 4.78 is 6.78. The molecule has 2 amide bonds. The Hall–Kier alpha value is -2.01. The SMILES string of the molecule is CNC(=O)Nc1cc(Br)ccc1COc1ccc(C)cc1C. The maximum Gasteiger partial charge on any atom is 0.318 e. The zero-order valence-electron chi connectivity index (χ0n) is 12.9. The third-order valence-electron chi connectivity index (χ3n) is 3.26. The topological polar surface area (TPSA) is 50.4 Å². The van der Waals surface area contributed by atoms with Crippen LogP contribution in [0.5, 0.6) is 5.75 Å². The summed E-state index contributed by atoms with van der Waals surface area (Å²) in [5, 5.41) is 5.34. The molecule has 0 fully saturated rings. The summed E-state index contributed by atoms with van der Waals surface area (Å²) in [7, 11) is 1.58. The van der Waals surface area contributed by atoms with E-state index in [1.165, 1.54) is 5.56 Å². The van der Waals surface area contributed by atoms with Crippen LogP contribution in [0.2, 0.25) is 0 Å². The number of rotatable bonds is 4. The number of hydrogen-bond donors (Lipinski definition) is 2. The Morgan fingerprint density at radius 3 is 2.64 bits per heavy atom. The lowest BCUT2D eigenvalue weighted by Gasteiger charge is -2.14. The number of halogens is 1. The van der Waals surface area contributed by atoms with Crippen LogP contribution in [0.4, 0.5) is 10.5 Å². The van der Waals surface area contributed by atoms with Crippen LogP contribution in [0.1, 0.15) is 16.7 Å². The van der Waals surface area contributed by atoms with Crippen molar-refractivity contribution < 1.29 is 9.53 Å². The first-order chi connectivity index (χ1) is 10.5. The monoisotopic (exact) mass is 362 g/mol. The lowest BCUT2D eigenvalue weighted by atomic mass is 10.1. The van der Waals surface area contributed by atoms with Gasteiger partial charge >= 0.3 is 6.03 Å². The molecule has 2 aromatic carbocycles. The van der Waals surface area contributed by atoms with E-state index >= 15 is 0 Å². The molecule has 116 valence electrons. The molecule has 0 bridgehead atoms. The fourth-order valence-electron chi connectivity index (χ4n) is 2.09. The van der Waals surface area contributed by atoms with Gasteiger partial charge in [-0.15, -0.1) is 0 Å². The van der Waals surface area contributed by atoms with Crippen molar-refractivity contribution in [3.63, 3.8) is 0 Å². The molecule has 0 saturated heterocycles. The van der Waals surface area contributed by atoms with Gasteiger partial charge in [-0.25, -0.2) is 4.79 Å². The first-order valence-electron chi connectivity index (χ1n) is 6.97. The number of anilines is 1. The van der Waals surface area contributed by atoms with Gasteiger partial charge in [-0.1, -0.05) is 39.7 Å². The van der Waals surface area contributed by atoms with Gasteiger partial charge in [-0.3, -0.25) is 0 Å². The lowest BCUT2D eigenvalue weighted by Crippen LogP contribution is -2.25. The number of amides is 2. The summed E-state index contributed by atoms with van der Waals surface area (Å²) in [5.41, 5.74) is 3.93. The highest BCUT2D eigenvalue weighted by atomic mass is 79.9. The fourth-order valence-corrected chi connectivity index (χ4v) is 2.45. The predicted octanol–water partition coefficient (Wildman–Crippen LogP) is 4.40. The van der Waals surface area contributed by atoms with Crippen LogP contribution >= 0.6 is 15.9 Å². The van der Waals surface area contributed by atoms with Gasteiger partial charge in [-0.2, -0.15) is 0 Å². The maximum atomic E-state index is 11.5. The molecule has 0 unspecified atom stereocenters. The fraction of sp³-hybridized carbons (Fsp3) is 0.235. The minimum Gasteiger partial charge on any atom is -0.489 e. The Kier molecular flexibility index (Phi) is 5.44. The van der Waals surface area contributed by atoms with Crippen LogP contribution in [-0.2, 0) is 6.61 Å². The van der Waals surface area contributed by atoms with Crippen LogP contribution in [0.15, 0.2) is 40.9 Å². The van der Waals surface area contributed by atoms with Crippen molar-refractivity contribution in [1.82, 2.24) is 5.32 Å². The van der Waals surface area contributed by atoms with Gasteiger partial charge in [0, 0.05) is 17.1 Å². The number of nitrogens with one attached hydrogen (secondary N) is 2. The predicted molar refractivity (Wildman–Crippen MR) is 92.5 cm³/mol. The zero-order chi connectivity index (χ0) is 16.1. The quantitative estimate of drug-likeness (QED) is 0.846. The van der Waals surface area contributed by atoms with Gasteiger partial charge in [0.2, 0.25) is 0 Å². The first kappa shape index (κ1) is 16.4. The van der Waals surface area contributed by atoms with Gasteiger partial charge in [0.25, 0.3) is 0 Å². The molecule has 0 saturated carbocycles. The van der Waals surface area contributed by atoms with Crippen LogP contribution in [0.25, 0.3) is 0 Å². The molecule has 22 heavy (non-hydrogen) atoms. The summed E-state index contributed by atoms with van der Waals surface area (Å²) in [6, 6.07) is 11.5. The minimum atomic E-state index is -0.258. The molecule has 5 heteroatoms. The summed E-state index contributed by atoms with van der Waals surface area (Å²) in [6.07, 6.45) is 0. The number of benzene rings is 2. The van der Waals surface area contributed by atoms with Crippen molar-refractivity contribution in [1.29, 1.82) is 0 Å². The molecule has 0 radical (unpaired) electrons. The number of carbonyl (C=O) groups excluding carboxylic acids is 1. The molecule has 0 aliphatic heterocycles. The van der Waals surface area contributed by atoms with Crippen LogP contribution < -0.4 is 15.4 Å². The molecule has 0 spiro atoms. The second-order valence-electron chi connectivity index (χ2n) is 5.06. The van der Waals surface area contributed by atoms with E-state index in [0.717, 1.165) is 27.0 Å². The average molecular weight is 363 g/mol. The van der Waals surface area contributed by atoms with E-state index in [1.807, 2.05) is 37.3 Å². The Labute approximate surface area is 139 Å². The van der Waals surface area contributed by atoms with E-state index in [4.69, 9.17) is 4.74 Å². The Bertz CT molecular complexity index is 686. The molecule has 2 aromatic rings. The Balaban J connectivity index is 2.16. The average Bonchev–Trinajstić information content (AvgIpc) is 2.48. The number of carbonyl (C=O) groups is 1. The van der Waals surface area contributed by atoms with E-state index < -0.39 is 0 Å². The summed E-state index contributed by atoms with van der Waals surface area (Å²) >= 11 is 3.41. The molecule has 4 nitrogen and oxygen atoms in total. The van der Waals surface area contributed by atoms with E-state index in [-0.39, 0.29) is 6.03 Å². The van der Waals surface area contributed by atoms with Crippen LogP contribution in [-0.4, -0.2) is 13.1 Å². The molecule has 0 aliphatic carbocycles. The van der Waals surface area contributed by atoms with Crippen molar-refractivity contribution in [3.05, 3.63) is 57.6 Å². The second kappa shape index (κ2) is 7.31. The third-order valence-corrected chi connectivity index (χ3v) is 3.75. The van der Waals surface area contributed by atoms with Crippen LogP contribution in [0.3, 0.4) is 0 Å². The number of ether oxygens (including phenoxy) is 1. The van der Waals surface area contributed by atoms with E-state index in [1.54, 1.807) is 7.05 Å². The van der Waals surface area contributed by atoms with Gasteiger partial charge in [-0.05, 0) is 37.6 Å². The van der Waals surface area contributed by atoms with E-state index in [9.17, 15) is 4.79 Å². The number of urea groups is 1. The molecule has 0 aromatic heterocycles. The smallest absolute Gasteiger partial charge is 0.318 e. The lowest BCUT2D eigenvalue weighted by molar-refractivity contribution is 0.254. The van der Waals surface area contributed by atoms with Crippen LogP contribution in [0, 0.1) is 13.8 Å². The number of aryl methyl sites for hydroxylation is 2. The van der Waals surface area contributed by atoms with Gasteiger partial charge in [0.1, 0.15) is 12.4 Å². The molecule has 0 atom stereocenters. The van der Waals surface area contributed by atoms with Gasteiger partial charge in [0.15, 0.2) is 0 Å². The third kappa shape index (κ3) is 4.24. The largest absolute Gasteiger partial charge is 0.489 e. The van der Waals surface area contributed by atoms with Gasteiger partial charge in [0.05, 0.1) is 5.69 Å². The summed E-state index contributed by atoms with van der Waals surface area (Å²) in [6.45, 7) is 4.46. The molecule has 0 aliphatic rings. The summed E-state index contributed by atoms with van der Waals surface area (Å²) in [5.74, 6) is 0.847. The molecule has 0 heterocycles. The molecule has 2 N–H and O–H groups in total. The maximum absolute atomic E-state index is 11.5. The van der Waals surface area contributed by atoms with Crippen molar-refractivity contribution in [3.8, 4) is 5.75 Å². The molecule has 2 rings (SSSR count). The van der Waals surface area contributed by atoms with E-state index in [2.05, 4.69) is 39.6 Å². The minimum absolute atomic E-state index is 0.258. The van der Waals surface area contributed by atoms with Crippen molar-refractivity contribution in [2.24, 2.45) is 0 Å². The van der Waals surface area contributed by atoms with E-state index in [0.29, 0.717) is 6.61 Å². The van der Waals surface area contributed by atoms with Crippen molar-refractivity contribution in [2.45, 2.75) is 20.5 Å². The highest BCUT2D eigenvalue weighted by molar-refractivity contribution is 9.10. The Morgan fingerprint density at radius 1 is 1.18 bits per heavy atom. The Morgan fingerprint density at radius 2 is 1.95 bits per heavy atom.